The Labute approximate surface area is 96.3 Å². The standard InChI is InChI=1S/C14H18O2/c1-8(2)12-13(15)11-9(3)7-16-10(11)6-14(12,4)5/h7,12H,1,6H2,2-5H3/t12-/m1/s1. The maximum absolute atomic E-state index is 12.4. The number of carbonyl (C=O) groups is 1. The highest BCUT2D eigenvalue weighted by Gasteiger charge is 2.43. The summed E-state index contributed by atoms with van der Waals surface area (Å²) in [7, 11) is 0. The number of fused-ring (bicyclic) bond motifs is 1. The molecule has 0 amide bonds. The monoisotopic (exact) mass is 218 g/mol. The number of hydrogen-bond acceptors (Lipinski definition) is 2. The summed E-state index contributed by atoms with van der Waals surface area (Å²) in [5, 5.41) is 0. The van der Waals surface area contributed by atoms with Crippen molar-refractivity contribution in [2.75, 3.05) is 0 Å². The summed E-state index contributed by atoms with van der Waals surface area (Å²) < 4.78 is 5.47. The van der Waals surface area contributed by atoms with Crippen LogP contribution in [0.2, 0.25) is 0 Å². The maximum Gasteiger partial charge on any atom is 0.174 e. The smallest absolute Gasteiger partial charge is 0.174 e. The fourth-order valence-corrected chi connectivity index (χ4v) is 2.86. The Kier molecular flexibility index (Phi) is 2.33. The Bertz CT molecular complexity index is 463. The van der Waals surface area contributed by atoms with E-state index in [0.717, 1.165) is 28.9 Å². The van der Waals surface area contributed by atoms with E-state index >= 15 is 0 Å². The van der Waals surface area contributed by atoms with Crippen molar-refractivity contribution in [3.05, 3.63) is 35.3 Å². The minimum Gasteiger partial charge on any atom is -0.468 e. The highest BCUT2D eigenvalue weighted by atomic mass is 16.3. The Hall–Kier alpha value is -1.31. The Morgan fingerprint density at radius 1 is 1.56 bits per heavy atom. The molecule has 2 rings (SSSR count). The van der Waals surface area contributed by atoms with Gasteiger partial charge in [-0.15, -0.1) is 0 Å². The van der Waals surface area contributed by atoms with E-state index in [9.17, 15) is 4.79 Å². The molecule has 0 radical (unpaired) electrons. The van der Waals surface area contributed by atoms with Crippen LogP contribution in [0.15, 0.2) is 22.8 Å². The molecule has 1 aliphatic rings. The van der Waals surface area contributed by atoms with Gasteiger partial charge >= 0.3 is 0 Å². The van der Waals surface area contributed by atoms with Crippen LogP contribution in [0.5, 0.6) is 0 Å². The fraction of sp³-hybridized carbons (Fsp3) is 0.500. The van der Waals surface area contributed by atoms with Gasteiger partial charge in [-0.25, -0.2) is 0 Å². The van der Waals surface area contributed by atoms with Crippen LogP contribution in [-0.2, 0) is 6.42 Å². The summed E-state index contributed by atoms with van der Waals surface area (Å²) in [5.41, 5.74) is 2.58. The predicted octanol–water partition coefficient (Wildman–Crippen LogP) is 3.55. The lowest BCUT2D eigenvalue weighted by Gasteiger charge is -2.37. The number of hydrogen-bond donors (Lipinski definition) is 0. The largest absolute Gasteiger partial charge is 0.468 e. The SMILES string of the molecule is C=C(C)[C@@H]1C(=O)c2c(C)coc2CC1(C)C. The van der Waals surface area contributed by atoms with E-state index in [1.54, 1.807) is 6.26 Å². The molecule has 0 aliphatic heterocycles. The summed E-state index contributed by atoms with van der Waals surface area (Å²) in [6, 6.07) is 0. The van der Waals surface area contributed by atoms with Crippen molar-refractivity contribution in [1.82, 2.24) is 0 Å². The average molecular weight is 218 g/mol. The number of rotatable bonds is 1. The van der Waals surface area contributed by atoms with E-state index in [-0.39, 0.29) is 17.1 Å². The molecule has 0 bridgehead atoms. The zero-order valence-electron chi connectivity index (χ0n) is 10.4. The number of Topliss-reactive ketones (excluding diaryl/α,β-unsaturated/α-hetero) is 1. The van der Waals surface area contributed by atoms with Gasteiger partial charge in [-0.2, -0.15) is 0 Å². The second-order valence-electron chi connectivity index (χ2n) is 5.53. The van der Waals surface area contributed by atoms with Crippen LogP contribution in [0.4, 0.5) is 0 Å². The van der Waals surface area contributed by atoms with Crippen LogP contribution in [-0.4, -0.2) is 5.78 Å². The highest BCUT2D eigenvalue weighted by molar-refractivity contribution is 6.03. The molecule has 2 nitrogen and oxygen atoms in total. The molecular weight excluding hydrogens is 200 g/mol. The van der Waals surface area contributed by atoms with Crippen LogP contribution < -0.4 is 0 Å². The Morgan fingerprint density at radius 3 is 2.75 bits per heavy atom. The maximum atomic E-state index is 12.4. The molecule has 0 spiro atoms. The molecule has 0 saturated carbocycles. The molecule has 0 unspecified atom stereocenters. The lowest BCUT2D eigenvalue weighted by molar-refractivity contribution is 0.0801. The third-order valence-corrected chi connectivity index (χ3v) is 3.45. The normalized spacial score (nSPS) is 23.0. The van der Waals surface area contributed by atoms with Gasteiger partial charge < -0.3 is 4.42 Å². The molecule has 1 aromatic rings. The first-order valence-corrected chi connectivity index (χ1v) is 5.61. The van der Waals surface area contributed by atoms with Gasteiger partial charge in [-0.3, -0.25) is 4.79 Å². The first kappa shape index (κ1) is 11.2. The van der Waals surface area contributed by atoms with E-state index in [0.29, 0.717) is 0 Å². The van der Waals surface area contributed by atoms with E-state index in [1.807, 2.05) is 13.8 Å². The lowest BCUT2D eigenvalue weighted by Crippen LogP contribution is -2.38. The van der Waals surface area contributed by atoms with Gasteiger partial charge in [-0.05, 0) is 24.8 Å². The molecule has 2 heteroatoms. The summed E-state index contributed by atoms with van der Waals surface area (Å²) >= 11 is 0. The van der Waals surface area contributed by atoms with Crippen LogP contribution in [0.3, 0.4) is 0 Å². The second-order valence-corrected chi connectivity index (χ2v) is 5.53. The van der Waals surface area contributed by atoms with E-state index in [1.165, 1.54) is 0 Å². The zero-order chi connectivity index (χ0) is 12.1. The molecule has 0 N–H and O–H groups in total. The predicted molar refractivity (Wildman–Crippen MR) is 63.6 cm³/mol. The molecule has 0 saturated heterocycles. The highest BCUT2D eigenvalue weighted by Crippen LogP contribution is 2.43. The molecule has 0 aromatic carbocycles. The molecule has 1 aliphatic carbocycles. The van der Waals surface area contributed by atoms with Gasteiger partial charge in [0.2, 0.25) is 0 Å². The summed E-state index contributed by atoms with van der Waals surface area (Å²) in [6.45, 7) is 12.0. The van der Waals surface area contributed by atoms with Gasteiger partial charge in [0.05, 0.1) is 11.8 Å². The van der Waals surface area contributed by atoms with Crippen molar-refractivity contribution in [2.45, 2.75) is 34.1 Å². The van der Waals surface area contributed by atoms with Gasteiger partial charge in [0.25, 0.3) is 0 Å². The number of carbonyl (C=O) groups excluding carboxylic acids is 1. The summed E-state index contributed by atoms with van der Waals surface area (Å²) in [6.07, 6.45) is 2.49. The molecular formula is C14H18O2. The van der Waals surface area contributed by atoms with Crippen molar-refractivity contribution in [2.24, 2.45) is 11.3 Å². The Morgan fingerprint density at radius 2 is 2.19 bits per heavy atom. The van der Waals surface area contributed by atoms with Crippen molar-refractivity contribution in [3.8, 4) is 0 Å². The topological polar surface area (TPSA) is 30.2 Å². The first-order valence-electron chi connectivity index (χ1n) is 5.61. The average Bonchev–Trinajstić information content (AvgIpc) is 2.44. The lowest BCUT2D eigenvalue weighted by atomic mass is 9.65. The van der Waals surface area contributed by atoms with E-state index in [4.69, 9.17) is 4.42 Å². The molecule has 1 aromatic heterocycles. The van der Waals surface area contributed by atoms with Crippen LogP contribution in [0, 0.1) is 18.3 Å². The molecule has 86 valence electrons. The first-order chi connectivity index (χ1) is 7.34. The quantitative estimate of drug-likeness (QED) is 0.675. The zero-order valence-corrected chi connectivity index (χ0v) is 10.4. The van der Waals surface area contributed by atoms with Crippen LogP contribution in [0.1, 0.15) is 42.5 Å². The number of aryl methyl sites for hydroxylation is 1. The third-order valence-electron chi connectivity index (χ3n) is 3.45. The van der Waals surface area contributed by atoms with Crippen molar-refractivity contribution >= 4 is 5.78 Å². The molecule has 16 heavy (non-hydrogen) atoms. The van der Waals surface area contributed by atoms with Gasteiger partial charge in [-0.1, -0.05) is 26.0 Å². The van der Waals surface area contributed by atoms with E-state index in [2.05, 4.69) is 20.4 Å². The number of allylic oxidation sites excluding steroid dienone is 1. The molecule has 1 heterocycles. The summed E-state index contributed by atoms with van der Waals surface area (Å²) in [4.78, 5) is 12.4. The Balaban J connectivity index is 2.58. The van der Waals surface area contributed by atoms with Gasteiger partial charge in [0, 0.05) is 12.3 Å². The number of ketones is 1. The minimum atomic E-state index is -0.0970. The fourth-order valence-electron chi connectivity index (χ4n) is 2.86. The molecule has 0 fully saturated rings. The van der Waals surface area contributed by atoms with Gasteiger partial charge in [0.1, 0.15) is 5.76 Å². The molecule has 1 atom stereocenters. The summed E-state index contributed by atoms with van der Waals surface area (Å²) in [5.74, 6) is 0.923. The minimum absolute atomic E-state index is 0.0868. The van der Waals surface area contributed by atoms with E-state index < -0.39 is 0 Å². The van der Waals surface area contributed by atoms with Crippen molar-refractivity contribution < 1.29 is 9.21 Å². The third kappa shape index (κ3) is 1.44. The van der Waals surface area contributed by atoms with Crippen molar-refractivity contribution in [3.63, 3.8) is 0 Å². The van der Waals surface area contributed by atoms with Crippen molar-refractivity contribution in [1.29, 1.82) is 0 Å². The number of furan rings is 1. The van der Waals surface area contributed by atoms with Crippen LogP contribution >= 0.6 is 0 Å². The second kappa shape index (κ2) is 3.34. The van der Waals surface area contributed by atoms with Gasteiger partial charge in [0.15, 0.2) is 5.78 Å². The van der Waals surface area contributed by atoms with Crippen LogP contribution in [0.25, 0.3) is 0 Å².